The highest BCUT2D eigenvalue weighted by Gasteiger charge is 2.21. The molecular weight excluding hydrogens is 294 g/mol. The van der Waals surface area contributed by atoms with Gasteiger partial charge in [-0.1, -0.05) is 48.0 Å². The molecule has 0 amide bonds. The van der Waals surface area contributed by atoms with Gasteiger partial charge in [-0.3, -0.25) is 4.90 Å². The highest BCUT2D eigenvalue weighted by atomic mass is 79.9. The molecule has 0 aromatic heterocycles. The van der Waals surface area contributed by atoms with Crippen molar-refractivity contribution < 1.29 is 9.84 Å². The molecule has 1 saturated heterocycles. The van der Waals surface area contributed by atoms with E-state index in [2.05, 4.69) is 20.8 Å². The fraction of sp³-hybridized carbons (Fsp3) is 1.00. The first kappa shape index (κ1) is 16.4. The van der Waals surface area contributed by atoms with Crippen LogP contribution in [0.5, 0.6) is 0 Å². The highest BCUT2D eigenvalue weighted by Crippen LogP contribution is 2.11. The van der Waals surface area contributed by atoms with E-state index in [4.69, 9.17) is 4.74 Å². The molecule has 0 saturated carbocycles. The number of aliphatic hydroxyl groups is 1. The van der Waals surface area contributed by atoms with E-state index in [1.807, 2.05) is 0 Å². The zero-order valence-corrected chi connectivity index (χ0v) is 13.0. The predicted molar refractivity (Wildman–Crippen MR) is 79.4 cm³/mol. The Morgan fingerprint density at radius 1 is 1.06 bits per heavy atom. The van der Waals surface area contributed by atoms with E-state index in [0.717, 1.165) is 25.0 Å². The second kappa shape index (κ2) is 11.2. The first-order valence-electron chi connectivity index (χ1n) is 7.37. The molecule has 1 aliphatic heterocycles. The summed E-state index contributed by atoms with van der Waals surface area (Å²) >= 11 is 3.46. The molecule has 18 heavy (non-hydrogen) atoms. The standard InChI is InChI=1S/C14H28BrNO2/c15-8-6-4-2-1-3-5-7-9-16-10-11-18-13-14(16)12-17/h14,17H,1-13H2. The molecule has 1 rings (SSSR count). The van der Waals surface area contributed by atoms with Crippen LogP contribution in [0.15, 0.2) is 0 Å². The second-order valence-electron chi connectivity index (χ2n) is 5.11. The minimum Gasteiger partial charge on any atom is -0.395 e. The van der Waals surface area contributed by atoms with Crippen molar-refractivity contribution in [3.8, 4) is 0 Å². The molecule has 0 bridgehead atoms. The molecule has 4 heteroatoms. The minimum atomic E-state index is 0.229. The van der Waals surface area contributed by atoms with Crippen molar-refractivity contribution in [3.63, 3.8) is 0 Å². The molecule has 0 radical (unpaired) electrons. The molecule has 0 aromatic rings. The lowest BCUT2D eigenvalue weighted by Gasteiger charge is -2.34. The number of ether oxygens (including phenoxy) is 1. The quantitative estimate of drug-likeness (QED) is 0.496. The van der Waals surface area contributed by atoms with Crippen LogP contribution in [0, 0.1) is 0 Å². The van der Waals surface area contributed by atoms with Gasteiger partial charge in [-0.2, -0.15) is 0 Å². The van der Waals surface area contributed by atoms with Crippen LogP contribution in [0.2, 0.25) is 0 Å². The van der Waals surface area contributed by atoms with Crippen LogP contribution in [0.3, 0.4) is 0 Å². The van der Waals surface area contributed by atoms with Crippen molar-refractivity contribution >= 4 is 15.9 Å². The summed E-state index contributed by atoms with van der Waals surface area (Å²) in [6.07, 6.45) is 9.37. The maximum atomic E-state index is 9.26. The third-order valence-corrected chi connectivity index (χ3v) is 4.20. The van der Waals surface area contributed by atoms with Gasteiger partial charge in [0.1, 0.15) is 0 Å². The maximum absolute atomic E-state index is 9.26. The van der Waals surface area contributed by atoms with Gasteiger partial charge >= 0.3 is 0 Å². The van der Waals surface area contributed by atoms with Gasteiger partial charge in [-0.25, -0.2) is 0 Å². The zero-order valence-electron chi connectivity index (χ0n) is 11.5. The predicted octanol–water partition coefficient (Wildman–Crippen LogP) is 2.81. The van der Waals surface area contributed by atoms with Crippen LogP contribution >= 0.6 is 15.9 Å². The molecule has 3 nitrogen and oxygen atoms in total. The number of nitrogens with zero attached hydrogens (tertiary/aromatic N) is 1. The molecule has 1 atom stereocenters. The highest BCUT2D eigenvalue weighted by molar-refractivity contribution is 9.09. The molecule has 1 fully saturated rings. The smallest absolute Gasteiger partial charge is 0.0644 e. The van der Waals surface area contributed by atoms with Gasteiger partial charge in [0.15, 0.2) is 0 Å². The Morgan fingerprint density at radius 2 is 1.72 bits per heavy atom. The largest absolute Gasteiger partial charge is 0.395 e. The molecule has 0 spiro atoms. The third-order valence-electron chi connectivity index (χ3n) is 3.64. The molecular formula is C14H28BrNO2. The fourth-order valence-electron chi connectivity index (χ4n) is 2.44. The average Bonchev–Trinajstić information content (AvgIpc) is 2.42. The van der Waals surface area contributed by atoms with Gasteiger partial charge in [0.2, 0.25) is 0 Å². The Kier molecular flexibility index (Phi) is 10.2. The van der Waals surface area contributed by atoms with Crippen molar-refractivity contribution in [1.82, 2.24) is 4.90 Å². The van der Waals surface area contributed by atoms with E-state index >= 15 is 0 Å². The summed E-state index contributed by atoms with van der Waals surface area (Å²) in [7, 11) is 0. The van der Waals surface area contributed by atoms with E-state index in [1.165, 1.54) is 44.9 Å². The van der Waals surface area contributed by atoms with E-state index in [0.29, 0.717) is 6.61 Å². The first-order chi connectivity index (χ1) is 8.88. The monoisotopic (exact) mass is 321 g/mol. The first-order valence-corrected chi connectivity index (χ1v) is 8.49. The summed E-state index contributed by atoms with van der Waals surface area (Å²) in [6, 6.07) is 0.234. The Labute approximate surface area is 120 Å². The topological polar surface area (TPSA) is 32.7 Å². The number of halogens is 1. The Morgan fingerprint density at radius 3 is 2.39 bits per heavy atom. The Bertz CT molecular complexity index is 193. The molecule has 1 unspecified atom stereocenters. The summed E-state index contributed by atoms with van der Waals surface area (Å²) < 4.78 is 5.38. The Balaban J connectivity index is 1.93. The van der Waals surface area contributed by atoms with Gasteiger partial charge in [0, 0.05) is 11.9 Å². The van der Waals surface area contributed by atoms with Gasteiger partial charge in [-0.15, -0.1) is 0 Å². The lowest BCUT2D eigenvalue weighted by Crippen LogP contribution is -2.47. The second-order valence-corrected chi connectivity index (χ2v) is 5.90. The number of aliphatic hydroxyl groups excluding tert-OH is 1. The van der Waals surface area contributed by atoms with Gasteiger partial charge in [0.25, 0.3) is 0 Å². The molecule has 0 aliphatic carbocycles. The van der Waals surface area contributed by atoms with Crippen LogP contribution in [0.25, 0.3) is 0 Å². The number of morpholine rings is 1. The molecule has 1 aliphatic rings. The summed E-state index contributed by atoms with van der Waals surface area (Å²) in [5.74, 6) is 0. The summed E-state index contributed by atoms with van der Waals surface area (Å²) in [4.78, 5) is 2.38. The number of hydrogen-bond donors (Lipinski definition) is 1. The van der Waals surface area contributed by atoms with Gasteiger partial charge in [-0.05, 0) is 19.4 Å². The summed E-state index contributed by atoms with van der Waals surface area (Å²) in [5.41, 5.74) is 0. The van der Waals surface area contributed by atoms with Gasteiger partial charge < -0.3 is 9.84 Å². The van der Waals surface area contributed by atoms with Crippen molar-refractivity contribution in [2.24, 2.45) is 0 Å². The molecule has 108 valence electrons. The third kappa shape index (κ3) is 7.07. The van der Waals surface area contributed by atoms with E-state index in [1.54, 1.807) is 0 Å². The van der Waals surface area contributed by atoms with Crippen LogP contribution in [-0.2, 0) is 4.74 Å². The number of hydrogen-bond acceptors (Lipinski definition) is 3. The number of alkyl halides is 1. The summed E-state index contributed by atoms with van der Waals surface area (Å²) in [5, 5.41) is 10.4. The van der Waals surface area contributed by atoms with Crippen molar-refractivity contribution in [3.05, 3.63) is 0 Å². The minimum absolute atomic E-state index is 0.229. The average molecular weight is 322 g/mol. The van der Waals surface area contributed by atoms with E-state index in [9.17, 15) is 5.11 Å². The SMILES string of the molecule is OCC1COCCN1CCCCCCCCCBr. The van der Waals surface area contributed by atoms with E-state index in [-0.39, 0.29) is 12.6 Å². The molecule has 1 heterocycles. The molecule has 1 N–H and O–H groups in total. The van der Waals surface area contributed by atoms with Crippen LogP contribution in [0.4, 0.5) is 0 Å². The van der Waals surface area contributed by atoms with E-state index < -0.39 is 0 Å². The van der Waals surface area contributed by atoms with Crippen molar-refractivity contribution in [2.45, 2.75) is 51.0 Å². The van der Waals surface area contributed by atoms with Crippen LogP contribution in [-0.4, -0.2) is 54.3 Å². The maximum Gasteiger partial charge on any atom is 0.0644 e. The molecule has 0 aromatic carbocycles. The zero-order chi connectivity index (χ0) is 13.1. The van der Waals surface area contributed by atoms with Crippen LogP contribution in [0.1, 0.15) is 44.9 Å². The number of unbranched alkanes of at least 4 members (excludes halogenated alkanes) is 6. The summed E-state index contributed by atoms with van der Waals surface area (Å²) in [6.45, 7) is 3.85. The normalized spacial score (nSPS) is 21.3. The lowest BCUT2D eigenvalue weighted by molar-refractivity contribution is -0.0278. The van der Waals surface area contributed by atoms with Crippen molar-refractivity contribution in [2.75, 3.05) is 38.2 Å². The van der Waals surface area contributed by atoms with Gasteiger partial charge in [0.05, 0.1) is 25.9 Å². The van der Waals surface area contributed by atoms with Crippen LogP contribution < -0.4 is 0 Å². The lowest BCUT2D eigenvalue weighted by atomic mass is 10.1. The van der Waals surface area contributed by atoms with Crippen molar-refractivity contribution in [1.29, 1.82) is 0 Å². The number of rotatable bonds is 10. The fourth-order valence-corrected chi connectivity index (χ4v) is 2.84. The Hall–Kier alpha value is 0.360.